The number of benzene rings is 1. The van der Waals surface area contributed by atoms with Gasteiger partial charge in [0.1, 0.15) is 4.21 Å². The first-order valence-corrected chi connectivity index (χ1v) is 9.56. The molecule has 0 saturated carbocycles. The number of nitrogens with one attached hydrogen (secondary N) is 1. The Morgan fingerprint density at radius 3 is 2.57 bits per heavy atom. The second-order valence-electron chi connectivity index (χ2n) is 4.02. The molecule has 0 saturated heterocycles. The zero-order chi connectivity index (χ0) is 15.6. The topological polar surface area (TPSA) is 66.4 Å². The summed E-state index contributed by atoms with van der Waals surface area (Å²) < 4.78 is 27.7. The van der Waals surface area contributed by atoms with Crippen LogP contribution in [0.2, 0.25) is 10.0 Å². The molecule has 21 heavy (non-hydrogen) atoms. The Morgan fingerprint density at radius 1 is 1.19 bits per heavy atom. The predicted molar refractivity (Wildman–Crippen MR) is 90.1 cm³/mol. The van der Waals surface area contributed by atoms with E-state index < -0.39 is 10.0 Å². The van der Waals surface area contributed by atoms with E-state index in [1.54, 1.807) is 12.1 Å². The molecule has 0 amide bonds. The maximum absolute atomic E-state index is 12.3. The molecule has 0 atom stereocenters. The Labute approximate surface area is 144 Å². The molecule has 0 fully saturated rings. The maximum Gasteiger partial charge on any atom is 0.271 e. The van der Waals surface area contributed by atoms with Gasteiger partial charge in [-0.1, -0.05) is 23.2 Å². The van der Waals surface area contributed by atoms with Gasteiger partial charge in [-0.2, -0.15) is 0 Å². The monoisotopic (exact) mass is 429 g/mol. The SMILES string of the molecule is O=S(=O)(Nc1ccc(Br)c(Cl)c1Cl)c1ccc(CCO)s1. The van der Waals surface area contributed by atoms with Crippen molar-refractivity contribution in [2.24, 2.45) is 0 Å². The van der Waals surface area contributed by atoms with Gasteiger partial charge in [0.05, 0.1) is 15.7 Å². The number of rotatable bonds is 5. The van der Waals surface area contributed by atoms with Crippen LogP contribution in [0.3, 0.4) is 0 Å². The van der Waals surface area contributed by atoms with E-state index in [1.165, 1.54) is 12.1 Å². The highest BCUT2D eigenvalue weighted by Gasteiger charge is 2.19. The van der Waals surface area contributed by atoms with Crippen molar-refractivity contribution in [3.05, 3.63) is 43.7 Å². The van der Waals surface area contributed by atoms with Crippen LogP contribution in [-0.2, 0) is 16.4 Å². The molecule has 0 aliphatic rings. The summed E-state index contributed by atoms with van der Waals surface area (Å²) in [5, 5.41) is 9.23. The highest BCUT2D eigenvalue weighted by molar-refractivity contribution is 9.10. The molecule has 1 heterocycles. The molecule has 0 aliphatic heterocycles. The summed E-state index contributed by atoms with van der Waals surface area (Å²) in [6.45, 7) is -0.0262. The van der Waals surface area contributed by atoms with E-state index in [4.69, 9.17) is 28.3 Å². The van der Waals surface area contributed by atoms with Crippen molar-refractivity contribution in [1.29, 1.82) is 0 Å². The largest absolute Gasteiger partial charge is 0.396 e. The van der Waals surface area contributed by atoms with Gasteiger partial charge in [0, 0.05) is 22.4 Å². The van der Waals surface area contributed by atoms with Crippen LogP contribution in [0.4, 0.5) is 5.69 Å². The van der Waals surface area contributed by atoms with Crippen molar-refractivity contribution in [2.75, 3.05) is 11.3 Å². The molecule has 9 heteroatoms. The Hall–Kier alpha value is -0.310. The average Bonchev–Trinajstić information content (AvgIpc) is 2.89. The lowest BCUT2D eigenvalue weighted by atomic mass is 10.3. The van der Waals surface area contributed by atoms with Gasteiger partial charge in [-0.3, -0.25) is 4.72 Å². The van der Waals surface area contributed by atoms with Crippen LogP contribution in [0.15, 0.2) is 32.9 Å². The molecule has 2 N–H and O–H groups in total. The number of aliphatic hydroxyl groups is 1. The summed E-state index contributed by atoms with van der Waals surface area (Å²) in [7, 11) is -3.73. The second-order valence-corrected chi connectivity index (χ2v) is 8.71. The molecule has 0 aliphatic carbocycles. The smallest absolute Gasteiger partial charge is 0.271 e. The molecule has 1 aromatic carbocycles. The fourth-order valence-corrected chi connectivity index (χ4v) is 4.84. The summed E-state index contributed by atoms with van der Waals surface area (Å²) in [4.78, 5) is 0.790. The van der Waals surface area contributed by atoms with Gasteiger partial charge in [-0.15, -0.1) is 11.3 Å². The average molecular weight is 431 g/mol. The third-order valence-corrected chi connectivity index (χ3v) is 7.31. The normalized spacial score (nSPS) is 11.6. The van der Waals surface area contributed by atoms with E-state index in [9.17, 15) is 8.42 Å². The van der Waals surface area contributed by atoms with Crippen LogP contribution in [0.1, 0.15) is 4.88 Å². The fraction of sp³-hybridized carbons (Fsp3) is 0.167. The highest BCUT2D eigenvalue weighted by Crippen LogP contribution is 2.37. The molecular formula is C12H10BrCl2NO3S2. The van der Waals surface area contributed by atoms with Gasteiger partial charge in [0.25, 0.3) is 10.0 Å². The van der Waals surface area contributed by atoms with Gasteiger partial charge >= 0.3 is 0 Å². The molecule has 114 valence electrons. The lowest BCUT2D eigenvalue weighted by Crippen LogP contribution is -2.11. The third kappa shape index (κ3) is 3.91. The molecule has 0 unspecified atom stereocenters. The van der Waals surface area contributed by atoms with Crippen LogP contribution < -0.4 is 4.72 Å². The van der Waals surface area contributed by atoms with Crippen molar-refractivity contribution in [2.45, 2.75) is 10.6 Å². The van der Waals surface area contributed by atoms with Crippen molar-refractivity contribution >= 4 is 66.2 Å². The Kier molecular flexibility index (Phi) is 5.56. The minimum Gasteiger partial charge on any atom is -0.396 e. The van der Waals surface area contributed by atoms with Crippen molar-refractivity contribution in [1.82, 2.24) is 0 Å². The Bertz CT molecular complexity index is 762. The van der Waals surface area contributed by atoms with Gasteiger partial charge in [-0.25, -0.2) is 8.42 Å². The van der Waals surface area contributed by atoms with Gasteiger partial charge in [0.15, 0.2) is 0 Å². The Morgan fingerprint density at radius 2 is 1.90 bits per heavy atom. The first-order valence-electron chi connectivity index (χ1n) is 5.71. The summed E-state index contributed by atoms with van der Waals surface area (Å²) in [5.74, 6) is 0. The lowest BCUT2D eigenvalue weighted by Gasteiger charge is -2.10. The van der Waals surface area contributed by atoms with Crippen LogP contribution in [0.25, 0.3) is 0 Å². The number of aliphatic hydroxyl groups excluding tert-OH is 1. The van der Waals surface area contributed by atoms with E-state index in [1.807, 2.05) is 0 Å². The first-order chi connectivity index (χ1) is 9.85. The predicted octanol–water partition coefficient (Wildman–Crippen LogP) is 4.15. The number of thiophene rings is 1. The molecule has 0 radical (unpaired) electrons. The van der Waals surface area contributed by atoms with Crippen LogP contribution in [0, 0.1) is 0 Å². The van der Waals surface area contributed by atoms with E-state index in [0.717, 1.165) is 16.2 Å². The van der Waals surface area contributed by atoms with Crippen LogP contribution >= 0.6 is 50.5 Å². The minimum absolute atomic E-state index is 0.0262. The van der Waals surface area contributed by atoms with Crippen molar-refractivity contribution < 1.29 is 13.5 Å². The van der Waals surface area contributed by atoms with E-state index >= 15 is 0 Å². The summed E-state index contributed by atoms with van der Waals surface area (Å²) in [6, 6.07) is 6.30. The van der Waals surface area contributed by atoms with E-state index in [0.29, 0.717) is 10.9 Å². The fourth-order valence-electron chi connectivity index (χ4n) is 1.55. The third-order valence-electron chi connectivity index (χ3n) is 2.54. The van der Waals surface area contributed by atoms with Gasteiger partial charge < -0.3 is 5.11 Å². The summed E-state index contributed by atoms with van der Waals surface area (Å²) >= 11 is 16.3. The summed E-state index contributed by atoms with van der Waals surface area (Å²) in [5.41, 5.74) is 0.210. The first kappa shape index (κ1) is 17.1. The molecule has 2 rings (SSSR count). The highest BCUT2D eigenvalue weighted by atomic mass is 79.9. The lowest BCUT2D eigenvalue weighted by molar-refractivity contribution is 0.300. The molecule has 4 nitrogen and oxygen atoms in total. The molecular weight excluding hydrogens is 421 g/mol. The molecule has 0 bridgehead atoms. The summed E-state index contributed by atoms with van der Waals surface area (Å²) in [6.07, 6.45) is 0.422. The maximum atomic E-state index is 12.3. The molecule has 1 aromatic heterocycles. The standard InChI is InChI=1S/C12H10BrCl2NO3S2/c13-8-2-3-9(12(15)11(8)14)16-21(18,19)10-4-1-7(20-10)5-6-17/h1-4,16-17H,5-6H2. The number of anilines is 1. The quantitative estimate of drug-likeness (QED) is 0.700. The number of halogens is 3. The second kappa shape index (κ2) is 6.85. The number of sulfonamides is 1. The van der Waals surface area contributed by atoms with E-state index in [-0.39, 0.29) is 26.5 Å². The van der Waals surface area contributed by atoms with Crippen molar-refractivity contribution in [3.63, 3.8) is 0 Å². The number of hydrogen-bond donors (Lipinski definition) is 2. The van der Waals surface area contributed by atoms with Gasteiger partial charge in [-0.05, 0) is 40.2 Å². The minimum atomic E-state index is -3.73. The van der Waals surface area contributed by atoms with Crippen LogP contribution in [0.5, 0.6) is 0 Å². The van der Waals surface area contributed by atoms with Crippen molar-refractivity contribution in [3.8, 4) is 0 Å². The van der Waals surface area contributed by atoms with Crippen LogP contribution in [-0.4, -0.2) is 20.1 Å². The zero-order valence-electron chi connectivity index (χ0n) is 10.4. The molecule has 0 spiro atoms. The number of hydrogen-bond acceptors (Lipinski definition) is 4. The Balaban J connectivity index is 2.31. The zero-order valence-corrected chi connectivity index (χ0v) is 15.2. The van der Waals surface area contributed by atoms with E-state index in [2.05, 4.69) is 20.7 Å². The molecule has 2 aromatic rings. The van der Waals surface area contributed by atoms with Gasteiger partial charge in [0.2, 0.25) is 0 Å².